The Morgan fingerprint density at radius 2 is 1.12 bits per heavy atom. The fraction of sp³-hybridized carbons (Fsp3) is 0.320. The van der Waals surface area contributed by atoms with E-state index >= 15 is 0 Å². The fourth-order valence-corrected chi connectivity index (χ4v) is 15.4. The average Bonchev–Trinajstić information content (AvgIpc) is 4.13. The summed E-state index contributed by atoms with van der Waals surface area (Å²) in [7, 11) is 0. The maximum Gasteiger partial charge on any atom is 0.127 e. The molecule has 0 N–H and O–H groups in total. The average molecular weight is 1030 g/mol. The van der Waals surface area contributed by atoms with Gasteiger partial charge in [-0.1, -0.05) is 109 Å². The van der Waals surface area contributed by atoms with Gasteiger partial charge in [-0.3, -0.25) is 0 Å². The summed E-state index contributed by atoms with van der Waals surface area (Å²) in [5.74, 6) is 1.45. The minimum absolute atomic E-state index is 0.722. The molecule has 0 amide bonds. The Hall–Kier alpha value is -2.54. The summed E-state index contributed by atoms with van der Waals surface area (Å²) in [6, 6.07) is 28.7. The molecule has 6 aromatic heterocycles. The second-order valence-electron chi connectivity index (χ2n) is 15.6. The summed E-state index contributed by atoms with van der Waals surface area (Å²) in [6.45, 7) is 9.31. The van der Waals surface area contributed by atoms with E-state index in [0.29, 0.717) is 0 Å². The van der Waals surface area contributed by atoms with Crippen molar-refractivity contribution in [1.29, 1.82) is 0 Å². The molecule has 0 radical (unpaired) electrons. The number of para-hydroxylation sites is 2. The second kappa shape index (κ2) is 20.8. The maximum atomic E-state index is 5.09. The van der Waals surface area contributed by atoms with Crippen LogP contribution < -0.4 is 0 Å². The zero-order valence-corrected chi connectivity index (χ0v) is 42.6. The molecule has 0 saturated carbocycles. The van der Waals surface area contributed by atoms with E-state index in [4.69, 9.17) is 9.97 Å². The number of hydrogen-bond donors (Lipinski definition) is 0. The number of thiophene rings is 4. The van der Waals surface area contributed by atoms with Crippen LogP contribution in [0.2, 0.25) is 0 Å². The first kappa shape index (κ1) is 44.1. The molecule has 6 heterocycles. The van der Waals surface area contributed by atoms with Gasteiger partial charge >= 0.3 is 0 Å². The molecule has 2 atom stereocenters. The maximum absolute atomic E-state index is 5.09. The van der Waals surface area contributed by atoms with Crippen LogP contribution in [-0.2, 0) is 12.8 Å². The van der Waals surface area contributed by atoms with Crippen molar-refractivity contribution in [1.82, 2.24) is 9.97 Å². The zero-order chi connectivity index (χ0) is 41.6. The molecule has 2 unspecified atom stereocenters. The first-order valence-corrected chi connectivity index (χ1v) is 27.7. The summed E-state index contributed by atoms with van der Waals surface area (Å²) in [4.78, 5) is 18.0. The number of benzene rings is 2. The Balaban J connectivity index is 1.13. The highest BCUT2D eigenvalue weighted by molar-refractivity contribution is 9.11. The van der Waals surface area contributed by atoms with E-state index in [1.54, 1.807) is 22.7 Å². The lowest BCUT2D eigenvalue weighted by molar-refractivity contribution is 0.449. The summed E-state index contributed by atoms with van der Waals surface area (Å²) < 4.78 is 4.95. The van der Waals surface area contributed by atoms with Gasteiger partial charge in [0.15, 0.2) is 0 Å². The lowest BCUT2D eigenvalue weighted by Crippen LogP contribution is -2.02. The number of hydrogen-bond acceptors (Lipinski definition) is 8. The van der Waals surface area contributed by atoms with Gasteiger partial charge in [0.05, 0.1) is 32.9 Å². The Morgan fingerprint density at radius 3 is 1.68 bits per heavy atom. The van der Waals surface area contributed by atoms with Gasteiger partial charge < -0.3 is 0 Å². The molecule has 8 aromatic rings. The van der Waals surface area contributed by atoms with Gasteiger partial charge in [-0.2, -0.15) is 0 Å². The molecule has 2 aromatic carbocycles. The highest BCUT2D eigenvalue weighted by Crippen LogP contribution is 2.48. The van der Waals surface area contributed by atoms with Crippen LogP contribution in [0.25, 0.3) is 63.7 Å². The molecular formula is C50H50Br2N2S6. The molecule has 0 aliphatic rings. The van der Waals surface area contributed by atoms with Crippen molar-refractivity contribution in [2.24, 2.45) is 11.8 Å². The van der Waals surface area contributed by atoms with Crippen molar-refractivity contribution >= 4 is 144 Å². The number of aromatic nitrogens is 2. The van der Waals surface area contributed by atoms with Crippen LogP contribution in [0, 0.1) is 11.8 Å². The number of fused-ring (bicyclic) bond motifs is 2. The van der Waals surface area contributed by atoms with Gasteiger partial charge in [0.25, 0.3) is 0 Å². The zero-order valence-electron chi connectivity index (χ0n) is 34.6. The van der Waals surface area contributed by atoms with Gasteiger partial charge in [-0.25, -0.2) is 9.97 Å². The minimum Gasteiger partial charge on any atom is -0.236 e. The molecule has 0 aliphatic heterocycles. The second-order valence-corrected chi connectivity index (χ2v) is 24.6. The first-order valence-electron chi connectivity index (χ1n) is 21.2. The summed E-state index contributed by atoms with van der Waals surface area (Å²) in [6.07, 6.45) is 19.4. The SMILES string of the molecule is CCCCC(CC)Cc1cc(-c2cc(/C=C/c3ccc(C=C(c4nc5ccccc5s4)c4nc5ccccc5s4)s3)c(-c3cc(CC(CC)CCCC)c(Br)s3)s2)sc1Br. The lowest BCUT2D eigenvalue weighted by atomic mass is 9.93. The van der Waals surface area contributed by atoms with E-state index in [-0.39, 0.29) is 0 Å². The molecule has 0 aliphatic carbocycles. The molecular weight excluding hydrogens is 981 g/mol. The molecule has 0 spiro atoms. The van der Waals surface area contributed by atoms with Crippen LogP contribution >= 0.6 is 99.9 Å². The van der Waals surface area contributed by atoms with Crippen molar-refractivity contribution in [2.75, 3.05) is 0 Å². The summed E-state index contributed by atoms with van der Waals surface area (Å²) >= 11 is 19.0. The van der Waals surface area contributed by atoms with Crippen molar-refractivity contribution in [2.45, 2.75) is 91.9 Å². The standard InChI is InChI=1S/C50H50Br2N2S6/c1-5-9-15-31(7-3)25-34-28-44(57-47(34)51)43-27-33(46(56-43)45-29-35(48(52)58-45)26-32(8-4)16-10-6-2)21-22-36-23-24-37(55-36)30-38(49-53-39-17-11-13-19-41(39)59-49)50-54-40-18-12-14-20-42(40)60-50/h11-14,17-24,27-32H,5-10,15-16,25-26H2,1-4H3/b22-21+. The van der Waals surface area contributed by atoms with Gasteiger partial charge in [-0.05, 0) is 140 Å². The molecule has 8 rings (SSSR count). The number of halogens is 2. The third-order valence-corrected chi connectivity index (χ3v) is 19.8. The van der Waals surface area contributed by atoms with Gasteiger partial charge in [0, 0.05) is 30.0 Å². The normalized spacial score (nSPS) is 13.0. The predicted octanol–water partition coefficient (Wildman–Crippen LogP) is 19.3. The molecule has 0 saturated heterocycles. The quantitative estimate of drug-likeness (QED) is 0.0807. The highest BCUT2D eigenvalue weighted by Gasteiger charge is 2.21. The lowest BCUT2D eigenvalue weighted by Gasteiger charge is -2.13. The van der Waals surface area contributed by atoms with Gasteiger partial charge in [0.2, 0.25) is 0 Å². The largest absolute Gasteiger partial charge is 0.236 e. The number of nitrogens with zero attached hydrogens (tertiary/aromatic N) is 2. The topological polar surface area (TPSA) is 25.8 Å². The monoisotopic (exact) mass is 1030 g/mol. The van der Waals surface area contributed by atoms with Crippen molar-refractivity contribution < 1.29 is 0 Å². The summed E-state index contributed by atoms with van der Waals surface area (Å²) in [5, 5.41) is 2.01. The molecule has 10 heteroatoms. The smallest absolute Gasteiger partial charge is 0.127 e. The minimum atomic E-state index is 0.722. The first-order chi connectivity index (χ1) is 29.3. The van der Waals surface area contributed by atoms with Gasteiger partial charge in [0.1, 0.15) is 10.0 Å². The van der Waals surface area contributed by atoms with Crippen molar-refractivity contribution in [3.05, 3.63) is 123 Å². The van der Waals surface area contributed by atoms with Crippen LogP contribution in [0.5, 0.6) is 0 Å². The van der Waals surface area contributed by atoms with E-state index < -0.39 is 0 Å². The van der Waals surface area contributed by atoms with Gasteiger partial charge in [-0.15, -0.1) is 68.0 Å². The third kappa shape index (κ3) is 10.5. The Kier molecular flexibility index (Phi) is 15.3. The van der Waals surface area contributed by atoms with E-state index in [1.807, 2.05) is 45.3 Å². The number of rotatable bonds is 19. The van der Waals surface area contributed by atoms with Crippen LogP contribution in [0.15, 0.2) is 86.4 Å². The molecule has 0 bridgehead atoms. The van der Waals surface area contributed by atoms with Crippen molar-refractivity contribution in [3.63, 3.8) is 0 Å². The molecule has 0 fully saturated rings. The Morgan fingerprint density at radius 1 is 0.583 bits per heavy atom. The van der Waals surface area contributed by atoms with Crippen molar-refractivity contribution in [3.8, 4) is 19.5 Å². The predicted molar refractivity (Wildman–Crippen MR) is 280 cm³/mol. The molecule has 310 valence electrons. The van der Waals surface area contributed by atoms with E-state index in [1.165, 1.54) is 114 Å². The fourth-order valence-electron chi connectivity index (χ4n) is 7.72. The number of thiazole rings is 2. The van der Waals surface area contributed by atoms with Crippen LogP contribution in [-0.4, -0.2) is 9.97 Å². The molecule has 2 nitrogen and oxygen atoms in total. The number of unbranched alkanes of at least 4 members (excludes halogenated alkanes) is 2. The highest BCUT2D eigenvalue weighted by atomic mass is 79.9. The summed E-state index contributed by atoms with van der Waals surface area (Å²) in [5.41, 5.74) is 7.33. The van der Waals surface area contributed by atoms with Crippen LogP contribution in [0.1, 0.15) is 116 Å². The van der Waals surface area contributed by atoms with Crippen LogP contribution in [0.4, 0.5) is 0 Å². The van der Waals surface area contributed by atoms with E-state index in [0.717, 1.165) is 51.3 Å². The van der Waals surface area contributed by atoms with Crippen LogP contribution in [0.3, 0.4) is 0 Å². The third-order valence-electron chi connectivity index (χ3n) is 11.3. The molecule has 60 heavy (non-hydrogen) atoms. The van der Waals surface area contributed by atoms with E-state index in [9.17, 15) is 0 Å². The Bertz CT molecular complexity index is 2590. The van der Waals surface area contributed by atoms with E-state index in [2.05, 4.69) is 157 Å². The Labute approximate surface area is 396 Å².